The van der Waals surface area contributed by atoms with Gasteiger partial charge in [0.15, 0.2) is 23.3 Å². The molecule has 0 aliphatic carbocycles. The Hall–Kier alpha value is -0.913. The summed E-state index contributed by atoms with van der Waals surface area (Å²) in [4.78, 5) is 0. The molecule has 0 aliphatic rings. The van der Waals surface area contributed by atoms with E-state index in [4.69, 9.17) is 0 Å². The molecule has 6 heteroatoms. The topological polar surface area (TPSA) is 0 Å². The van der Waals surface area contributed by atoms with Crippen LogP contribution in [0.4, 0.5) is 21.7 Å². The van der Waals surface area contributed by atoms with Crippen LogP contribution in [0.25, 0.3) is 0 Å². The second-order valence-corrected chi connectivity index (χ2v) is 6.80. The van der Waals surface area contributed by atoms with E-state index in [0.29, 0.717) is 6.07 Å². The Bertz CT molecular complexity index is 369. The third-order valence-corrected chi connectivity index (χ3v) is 3.39. The van der Waals surface area contributed by atoms with Crippen LogP contribution in [0.3, 0.4) is 0 Å². The summed E-state index contributed by atoms with van der Waals surface area (Å²) in [6, 6.07) is 0.375. The second-order valence-electron chi connectivity index (χ2n) is 3.32. The number of rotatable bonds is 1. The minimum Gasteiger partial charge on any atom is -0.308 e. The van der Waals surface area contributed by atoms with E-state index in [2.05, 4.69) is 0 Å². The maximum Gasteiger partial charge on any atom is 0.274 e. The second kappa shape index (κ2) is 3.34. The van der Waals surface area contributed by atoms with Crippen molar-refractivity contribution in [2.75, 3.05) is 0 Å². The highest BCUT2D eigenvalue weighted by atomic mass is 28.4. The molecule has 0 heterocycles. The Kier molecular flexibility index (Phi) is 2.66. The fraction of sp³-hybridized carbons (Fsp3) is 0.250. The van der Waals surface area contributed by atoms with Gasteiger partial charge in [-0.2, -0.15) is 0 Å². The first-order valence-corrected chi connectivity index (χ1v) is 6.65. The van der Waals surface area contributed by atoms with E-state index in [1.54, 1.807) is 0 Å². The van der Waals surface area contributed by atoms with Gasteiger partial charge in [-0.25, -0.2) is 17.6 Å². The molecule has 0 saturated carbocycles. The molecular weight excluding hydrogens is 219 g/mol. The molecule has 1 aromatic carbocycles. The monoisotopic (exact) mass is 226 g/mol. The zero-order chi connectivity index (χ0) is 11.1. The van der Waals surface area contributed by atoms with Gasteiger partial charge < -0.3 is 4.11 Å². The van der Waals surface area contributed by atoms with Crippen molar-refractivity contribution in [1.29, 1.82) is 0 Å². The quantitative estimate of drug-likeness (QED) is 0.227. The zero-order valence-corrected chi connectivity index (χ0v) is 8.47. The van der Waals surface area contributed by atoms with Crippen molar-refractivity contribution in [3.63, 3.8) is 0 Å². The molecule has 0 amide bonds. The minimum atomic E-state index is -3.69. The molecule has 0 radical (unpaired) electrons. The molecule has 0 atom stereocenters. The van der Waals surface area contributed by atoms with Crippen molar-refractivity contribution in [3.8, 4) is 0 Å². The number of benzene rings is 1. The molecule has 1 aromatic rings. The van der Waals surface area contributed by atoms with Crippen molar-refractivity contribution in [3.05, 3.63) is 29.3 Å². The first-order chi connectivity index (χ1) is 6.25. The summed E-state index contributed by atoms with van der Waals surface area (Å²) in [5.41, 5.74) is 0. The van der Waals surface area contributed by atoms with Gasteiger partial charge in [0.25, 0.3) is 8.41 Å². The Morgan fingerprint density at radius 2 is 1.43 bits per heavy atom. The molecule has 0 unspecified atom stereocenters. The fourth-order valence-electron chi connectivity index (χ4n) is 1.01. The summed E-state index contributed by atoms with van der Waals surface area (Å²) in [5, 5.41) is -0.700. The van der Waals surface area contributed by atoms with Crippen molar-refractivity contribution in [2.24, 2.45) is 0 Å². The average molecular weight is 226 g/mol. The van der Waals surface area contributed by atoms with Crippen LogP contribution >= 0.6 is 0 Å². The van der Waals surface area contributed by atoms with E-state index in [0.717, 1.165) is 13.1 Å². The van der Waals surface area contributed by atoms with Gasteiger partial charge in [0.1, 0.15) is 0 Å². The van der Waals surface area contributed by atoms with Crippen LogP contribution in [0.5, 0.6) is 0 Å². The third kappa shape index (κ3) is 1.79. The zero-order valence-electron chi connectivity index (χ0n) is 7.47. The van der Waals surface area contributed by atoms with Crippen LogP contribution in [-0.4, -0.2) is 8.41 Å². The maximum atomic E-state index is 13.3. The summed E-state index contributed by atoms with van der Waals surface area (Å²) < 4.78 is 64.0. The van der Waals surface area contributed by atoms with Gasteiger partial charge in [-0.05, 0) is 19.2 Å². The summed E-state index contributed by atoms with van der Waals surface area (Å²) in [6.07, 6.45) is 0. The predicted molar refractivity (Wildman–Crippen MR) is 44.5 cm³/mol. The van der Waals surface area contributed by atoms with Crippen LogP contribution in [0.1, 0.15) is 0 Å². The van der Waals surface area contributed by atoms with Crippen LogP contribution < -0.4 is 5.19 Å². The molecule has 0 saturated heterocycles. The molecule has 0 bridgehead atoms. The minimum absolute atomic E-state index is 0.375. The van der Waals surface area contributed by atoms with E-state index in [1.165, 1.54) is 0 Å². The first kappa shape index (κ1) is 11.2. The molecular formula is C8H7F5Si. The molecule has 0 nitrogen and oxygen atoms in total. The molecule has 0 spiro atoms. The van der Waals surface area contributed by atoms with Crippen molar-refractivity contribution >= 4 is 13.6 Å². The average Bonchev–Trinajstić information content (AvgIpc) is 2.06. The van der Waals surface area contributed by atoms with Crippen LogP contribution in [-0.2, 0) is 0 Å². The number of hydrogen-bond acceptors (Lipinski definition) is 0. The highest BCUT2D eigenvalue weighted by Crippen LogP contribution is 2.16. The highest BCUT2D eigenvalue weighted by Gasteiger charge is 2.32. The summed E-state index contributed by atoms with van der Waals surface area (Å²) in [5.74, 6) is -7.08. The molecule has 1 rings (SSSR count). The Morgan fingerprint density at radius 3 is 1.86 bits per heavy atom. The van der Waals surface area contributed by atoms with Gasteiger partial charge in [0.2, 0.25) is 0 Å². The predicted octanol–water partition coefficient (Wildman–Crippen LogP) is 2.62. The van der Waals surface area contributed by atoms with Gasteiger partial charge in [-0.15, -0.1) is 0 Å². The molecule has 78 valence electrons. The largest absolute Gasteiger partial charge is 0.308 e. The van der Waals surface area contributed by atoms with E-state index in [-0.39, 0.29) is 0 Å². The van der Waals surface area contributed by atoms with Crippen molar-refractivity contribution in [2.45, 2.75) is 13.1 Å². The molecule has 0 aromatic heterocycles. The van der Waals surface area contributed by atoms with E-state index >= 15 is 0 Å². The van der Waals surface area contributed by atoms with Crippen molar-refractivity contribution < 1.29 is 21.7 Å². The summed E-state index contributed by atoms with van der Waals surface area (Å²) >= 11 is 0. The summed E-state index contributed by atoms with van der Waals surface area (Å²) in [7, 11) is -3.69. The van der Waals surface area contributed by atoms with Gasteiger partial charge >= 0.3 is 0 Å². The van der Waals surface area contributed by atoms with Gasteiger partial charge in [-0.1, -0.05) is 0 Å². The van der Waals surface area contributed by atoms with Crippen LogP contribution in [0, 0.1) is 23.3 Å². The normalized spacial score (nSPS) is 11.9. The Labute approximate surface area is 78.5 Å². The lowest BCUT2D eigenvalue weighted by Crippen LogP contribution is -2.40. The standard InChI is InChI=1S/C8H7F5Si/c1-14(2,13)5-3-4(9)6(10)8(12)7(5)11/h3H,1-2H3. The molecule has 0 N–H and O–H groups in total. The van der Waals surface area contributed by atoms with Crippen LogP contribution in [0.15, 0.2) is 6.07 Å². The lowest BCUT2D eigenvalue weighted by Gasteiger charge is -2.13. The molecule has 14 heavy (non-hydrogen) atoms. The maximum absolute atomic E-state index is 13.3. The molecule has 0 aliphatic heterocycles. The van der Waals surface area contributed by atoms with Gasteiger partial charge in [0.05, 0.1) is 0 Å². The Balaban J connectivity index is 3.49. The van der Waals surface area contributed by atoms with Gasteiger partial charge in [-0.3, -0.25) is 0 Å². The first-order valence-electron chi connectivity index (χ1n) is 3.77. The SMILES string of the molecule is C[Si](C)(F)c1cc(F)c(F)c(F)c1F. The lowest BCUT2D eigenvalue weighted by atomic mass is 10.3. The molecule has 0 fully saturated rings. The van der Waals surface area contributed by atoms with E-state index in [1.807, 2.05) is 0 Å². The van der Waals surface area contributed by atoms with Crippen molar-refractivity contribution in [1.82, 2.24) is 0 Å². The number of halogens is 5. The van der Waals surface area contributed by atoms with Gasteiger partial charge in [0, 0.05) is 5.19 Å². The highest BCUT2D eigenvalue weighted by molar-refractivity contribution is 6.83. The fourth-order valence-corrected chi connectivity index (χ4v) is 2.11. The van der Waals surface area contributed by atoms with E-state index < -0.39 is 36.9 Å². The Morgan fingerprint density at radius 1 is 0.929 bits per heavy atom. The lowest BCUT2D eigenvalue weighted by molar-refractivity contribution is 0.412. The van der Waals surface area contributed by atoms with Crippen LogP contribution in [0.2, 0.25) is 13.1 Å². The summed E-state index contributed by atoms with van der Waals surface area (Å²) in [6.45, 7) is 2.12. The third-order valence-electron chi connectivity index (χ3n) is 1.74. The number of hydrogen-bond donors (Lipinski definition) is 0. The smallest absolute Gasteiger partial charge is 0.274 e. The van der Waals surface area contributed by atoms with E-state index in [9.17, 15) is 21.7 Å².